The molecular weight excluding hydrogens is 412 g/mol. The Labute approximate surface area is 166 Å². The van der Waals surface area contributed by atoms with Gasteiger partial charge in [-0.2, -0.15) is 0 Å². The number of piperidine rings is 1. The zero-order chi connectivity index (χ0) is 17.9. The van der Waals surface area contributed by atoms with Crippen LogP contribution in [-0.4, -0.2) is 35.2 Å². The highest BCUT2D eigenvalue weighted by Gasteiger charge is 2.30. The van der Waals surface area contributed by atoms with Gasteiger partial charge in [-0.15, -0.1) is 10.2 Å². The summed E-state index contributed by atoms with van der Waals surface area (Å²) in [6.45, 7) is 1.72. The number of rotatable bonds is 5. The molecule has 2 fully saturated rings. The van der Waals surface area contributed by atoms with Crippen LogP contribution in [0.4, 0.5) is 5.82 Å². The zero-order valence-electron chi connectivity index (χ0n) is 14.4. The molecule has 1 amide bonds. The van der Waals surface area contributed by atoms with E-state index in [9.17, 15) is 4.79 Å². The summed E-state index contributed by atoms with van der Waals surface area (Å²) in [5.41, 5.74) is 0. The van der Waals surface area contributed by atoms with Gasteiger partial charge in [0.25, 0.3) is 0 Å². The average molecular weight is 433 g/mol. The molecule has 26 heavy (non-hydrogen) atoms. The van der Waals surface area contributed by atoms with Crippen molar-refractivity contribution in [3.63, 3.8) is 0 Å². The van der Waals surface area contributed by atoms with E-state index in [-0.39, 0.29) is 11.8 Å². The Kier molecular flexibility index (Phi) is 5.45. The molecule has 1 saturated heterocycles. The van der Waals surface area contributed by atoms with Crippen LogP contribution in [0.25, 0.3) is 0 Å². The van der Waals surface area contributed by atoms with Gasteiger partial charge in [-0.1, -0.05) is 27.7 Å². The van der Waals surface area contributed by atoms with Crippen LogP contribution in [0.5, 0.6) is 0 Å². The molecule has 2 aliphatic rings. The Balaban J connectivity index is 1.31. The molecule has 4 rings (SSSR count). The lowest BCUT2D eigenvalue weighted by molar-refractivity contribution is -0.125. The minimum absolute atomic E-state index is 0.145. The fraction of sp³-hybridized carbons (Fsp3) is 0.421. The third-order valence-electron chi connectivity index (χ3n) is 4.78. The maximum absolute atomic E-state index is 12.2. The number of amides is 1. The molecule has 0 atom stereocenters. The smallest absolute Gasteiger partial charge is 0.223 e. The monoisotopic (exact) mass is 432 g/mol. The van der Waals surface area contributed by atoms with Gasteiger partial charge in [0.1, 0.15) is 5.03 Å². The highest BCUT2D eigenvalue weighted by molar-refractivity contribution is 9.10. The van der Waals surface area contributed by atoms with Gasteiger partial charge in [-0.05, 0) is 62.1 Å². The second-order valence-corrected chi connectivity index (χ2v) is 8.84. The van der Waals surface area contributed by atoms with Gasteiger partial charge in [0.2, 0.25) is 5.91 Å². The molecule has 1 N–H and O–H groups in total. The number of hydrogen-bond donors (Lipinski definition) is 1. The summed E-state index contributed by atoms with van der Waals surface area (Å²) < 4.78 is 1.07. The SMILES string of the molecule is O=C(NC1CC1)C1CCN(c2ccc(Sc3ccc(Br)cc3)nn2)CC1. The van der Waals surface area contributed by atoms with E-state index in [1.807, 2.05) is 24.3 Å². The Morgan fingerprint density at radius 1 is 1.04 bits per heavy atom. The van der Waals surface area contributed by atoms with Crippen molar-refractivity contribution in [2.45, 2.75) is 41.6 Å². The second-order valence-electron chi connectivity index (χ2n) is 6.83. The molecule has 1 aromatic heterocycles. The number of carbonyl (C=O) groups is 1. The first-order valence-electron chi connectivity index (χ1n) is 9.00. The third-order valence-corrected chi connectivity index (χ3v) is 6.24. The van der Waals surface area contributed by atoms with Crippen LogP contribution < -0.4 is 10.2 Å². The maximum atomic E-state index is 12.2. The van der Waals surface area contributed by atoms with Crippen LogP contribution in [0.3, 0.4) is 0 Å². The number of halogens is 1. The van der Waals surface area contributed by atoms with Gasteiger partial charge in [-0.3, -0.25) is 4.79 Å². The van der Waals surface area contributed by atoms with Crippen molar-refractivity contribution < 1.29 is 4.79 Å². The molecular formula is C19H21BrN4OS. The molecule has 1 saturated carbocycles. The molecule has 0 spiro atoms. The summed E-state index contributed by atoms with van der Waals surface area (Å²) in [5.74, 6) is 1.28. The van der Waals surface area contributed by atoms with Crippen LogP contribution in [0.15, 0.2) is 50.8 Å². The van der Waals surface area contributed by atoms with Crippen molar-refractivity contribution in [1.82, 2.24) is 15.5 Å². The van der Waals surface area contributed by atoms with Crippen LogP contribution in [0, 0.1) is 5.92 Å². The minimum Gasteiger partial charge on any atom is -0.355 e. The number of aromatic nitrogens is 2. The Morgan fingerprint density at radius 2 is 1.77 bits per heavy atom. The summed E-state index contributed by atoms with van der Waals surface area (Å²) in [5, 5.41) is 12.7. The van der Waals surface area contributed by atoms with Gasteiger partial charge in [0.05, 0.1) is 0 Å². The third kappa shape index (κ3) is 4.57. The molecule has 0 radical (unpaired) electrons. The minimum atomic E-state index is 0.145. The molecule has 136 valence electrons. The van der Waals surface area contributed by atoms with E-state index >= 15 is 0 Å². The van der Waals surface area contributed by atoms with Crippen LogP contribution in [0.1, 0.15) is 25.7 Å². The molecule has 1 aliphatic carbocycles. The lowest BCUT2D eigenvalue weighted by Gasteiger charge is -2.31. The van der Waals surface area contributed by atoms with Crippen molar-refractivity contribution in [1.29, 1.82) is 0 Å². The predicted octanol–water partition coefficient (Wildman–Crippen LogP) is 3.89. The van der Waals surface area contributed by atoms with Gasteiger partial charge >= 0.3 is 0 Å². The molecule has 2 heterocycles. The molecule has 2 aromatic rings. The van der Waals surface area contributed by atoms with Crippen LogP contribution in [-0.2, 0) is 4.79 Å². The average Bonchev–Trinajstić information content (AvgIpc) is 3.48. The van der Waals surface area contributed by atoms with Crippen molar-refractivity contribution in [2.24, 2.45) is 5.92 Å². The van der Waals surface area contributed by atoms with Crippen LogP contribution >= 0.6 is 27.7 Å². The first-order valence-corrected chi connectivity index (χ1v) is 10.6. The molecule has 0 bridgehead atoms. The van der Waals surface area contributed by atoms with E-state index in [0.717, 1.165) is 59.0 Å². The fourth-order valence-electron chi connectivity index (χ4n) is 3.08. The standard InChI is InChI=1S/C19H21BrN4OS/c20-14-1-5-16(6-2-14)26-18-8-7-17(22-23-18)24-11-9-13(10-12-24)19(25)21-15-3-4-15/h1-2,5-8,13,15H,3-4,9-12H2,(H,21,25). The van der Waals surface area contributed by atoms with Gasteiger partial charge in [0, 0.05) is 34.4 Å². The summed E-state index contributed by atoms with van der Waals surface area (Å²) in [4.78, 5) is 15.5. The van der Waals surface area contributed by atoms with E-state index in [2.05, 4.69) is 48.5 Å². The molecule has 1 aromatic carbocycles. The lowest BCUT2D eigenvalue weighted by atomic mass is 9.96. The van der Waals surface area contributed by atoms with E-state index in [4.69, 9.17) is 0 Å². The zero-order valence-corrected chi connectivity index (χ0v) is 16.8. The first kappa shape index (κ1) is 17.8. The van der Waals surface area contributed by atoms with Crippen molar-refractivity contribution >= 4 is 39.4 Å². The summed E-state index contributed by atoms with van der Waals surface area (Å²) in [6.07, 6.45) is 4.06. The summed E-state index contributed by atoms with van der Waals surface area (Å²) in [6, 6.07) is 12.6. The highest BCUT2D eigenvalue weighted by Crippen LogP contribution is 2.28. The van der Waals surface area contributed by atoms with Crippen molar-refractivity contribution in [3.05, 3.63) is 40.9 Å². The van der Waals surface area contributed by atoms with Crippen molar-refractivity contribution in [2.75, 3.05) is 18.0 Å². The largest absolute Gasteiger partial charge is 0.355 e. The number of anilines is 1. The number of nitrogens with one attached hydrogen (secondary N) is 1. The normalized spacial score (nSPS) is 18.0. The van der Waals surface area contributed by atoms with Gasteiger partial charge < -0.3 is 10.2 Å². The van der Waals surface area contributed by atoms with E-state index in [1.165, 1.54) is 0 Å². The number of carbonyl (C=O) groups excluding carboxylic acids is 1. The van der Waals surface area contributed by atoms with Crippen LogP contribution in [0.2, 0.25) is 0 Å². The predicted molar refractivity (Wildman–Crippen MR) is 106 cm³/mol. The Bertz CT molecular complexity index is 756. The highest BCUT2D eigenvalue weighted by atomic mass is 79.9. The van der Waals surface area contributed by atoms with E-state index in [1.54, 1.807) is 11.8 Å². The first-order chi connectivity index (χ1) is 12.7. The lowest BCUT2D eigenvalue weighted by Crippen LogP contribution is -2.41. The maximum Gasteiger partial charge on any atom is 0.223 e. The van der Waals surface area contributed by atoms with Crippen molar-refractivity contribution in [3.8, 4) is 0 Å². The fourth-order valence-corrected chi connectivity index (χ4v) is 4.07. The molecule has 1 aliphatic heterocycles. The number of hydrogen-bond acceptors (Lipinski definition) is 5. The van der Waals surface area contributed by atoms with E-state index in [0.29, 0.717) is 6.04 Å². The van der Waals surface area contributed by atoms with E-state index < -0.39 is 0 Å². The summed E-state index contributed by atoms with van der Waals surface area (Å²) in [7, 11) is 0. The quantitative estimate of drug-likeness (QED) is 0.776. The number of nitrogens with zero attached hydrogens (tertiary/aromatic N) is 3. The molecule has 5 nitrogen and oxygen atoms in total. The topological polar surface area (TPSA) is 58.1 Å². The second kappa shape index (κ2) is 7.96. The summed E-state index contributed by atoms with van der Waals surface area (Å²) >= 11 is 5.05. The Hall–Kier alpha value is -1.60. The molecule has 7 heteroatoms. The van der Waals surface area contributed by atoms with Gasteiger partial charge in [0.15, 0.2) is 5.82 Å². The Morgan fingerprint density at radius 3 is 2.38 bits per heavy atom. The molecule has 0 unspecified atom stereocenters. The van der Waals surface area contributed by atoms with Gasteiger partial charge in [-0.25, -0.2) is 0 Å². The number of benzene rings is 1.